The average Bonchev–Trinajstić information content (AvgIpc) is 2.39. The summed E-state index contributed by atoms with van der Waals surface area (Å²) in [7, 11) is 0. The summed E-state index contributed by atoms with van der Waals surface area (Å²) in [5.41, 5.74) is 0.423. The lowest BCUT2D eigenvalue weighted by Gasteiger charge is -2.07. The molecule has 0 unspecified atom stereocenters. The van der Waals surface area contributed by atoms with Gasteiger partial charge in [0.1, 0.15) is 24.2 Å². The molecule has 0 fully saturated rings. The van der Waals surface area contributed by atoms with Gasteiger partial charge in [-0.15, -0.1) is 0 Å². The Kier molecular flexibility index (Phi) is 4.15. The van der Waals surface area contributed by atoms with Crippen LogP contribution >= 0.6 is 22.6 Å². The van der Waals surface area contributed by atoms with Crippen LogP contribution in [0.1, 0.15) is 11.1 Å². The molecule has 0 bridgehead atoms. The van der Waals surface area contributed by atoms with Crippen LogP contribution in [0.3, 0.4) is 0 Å². The predicted molar refractivity (Wildman–Crippen MR) is 74.6 cm³/mol. The fraction of sp³-hybridized carbons (Fsp3) is 0.0714. The summed E-state index contributed by atoms with van der Waals surface area (Å²) in [5.74, 6) is 0.169. The molecular weight excluding hydrogens is 344 g/mol. The summed E-state index contributed by atoms with van der Waals surface area (Å²) in [6.07, 6.45) is 0. The Labute approximate surface area is 118 Å². The molecule has 0 aliphatic heterocycles. The molecule has 0 N–H and O–H groups in total. The van der Waals surface area contributed by atoms with E-state index in [1.54, 1.807) is 12.1 Å². The van der Waals surface area contributed by atoms with E-state index in [1.165, 1.54) is 6.07 Å². The Balaban J connectivity index is 2.11. The van der Waals surface area contributed by atoms with E-state index in [2.05, 4.69) is 22.6 Å². The first-order chi connectivity index (χ1) is 8.70. The Hall–Kier alpha value is -1.61. The number of ether oxygens (including phenoxy) is 1. The van der Waals surface area contributed by atoms with E-state index in [0.29, 0.717) is 11.3 Å². The van der Waals surface area contributed by atoms with Crippen molar-refractivity contribution in [3.63, 3.8) is 0 Å². The van der Waals surface area contributed by atoms with Crippen molar-refractivity contribution in [1.82, 2.24) is 0 Å². The monoisotopic (exact) mass is 353 g/mol. The van der Waals surface area contributed by atoms with Gasteiger partial charge in [0.25, 0.3) is 0 Å². The summed E-state index contributed by atoms with van der Waals surface area (Å²) in [6, 6.07) is 14.0. The zero-order chi connectivity index (χ0) is 13.0. The van der Waals surface area contributed by atoms with E-state index in [9.17, 15) is 4.39 Å². The third-order valence-corrected chi connectivity index (χ3v) is 3.13. The van der Waals surface area contributed by atoms with Crippen LogP contribution < -0.4 is 4.74 Å². The van der Waals surface area contributed by atoms with Gasteiger partial charge < -0.3 is 4.74 Å². The average molecular weight is 353 g/mol. The highest BCUT2D eigenvalue weighted by Crippen LogP contribution is 2.17. The van der Waals surface area contributed by atoms with Gasteiger partial charge in [-0.05, 0) is 52.9 Å². The van der Waals surface area contributed by atoms with Gasteiger partial charge in [-0.2, -0.15) is 5.26 Å². The van der Waals surface area contributed by atoms with E-state index in [-0.39, 0.29) is 12.2 Å². The first kappa shape index (κ1) is 12.8. The molecule has 2 aromatic carbocycles. The summed E-state index contributed by atoms with van der Waals surface area (Å²) >= 11 is 2.20. The number of nitriles is 1. The number of hydrogen-bond acceptors (Lipinski definition) is 2. The number of benzene rings is 2. The van der Waals surface area contributed by atoms with Crippen LogP contribution in [-0.2, 0) is 6.61 Å². The molecule has 0 aliphatic rings. The first-order valence-electron chi connectivity index (χ1n) is 5.26. The van der Waals surface area contributed by atoms with Crippen molar-refractivity contribution in [1.29, 1.82) is 5.26 Å². The Morgan fingerprint density at radius 2 is 1.89 bits per heavy atom. The minimum Gasteiger partial charge on any atom is -0.489 e. The maximum Gasteiger partial charge on any atom is 0.147 e. The molecule has 18 heavy (non-hydrogen) atoms. The van der Waals surface area contributed by atoms with Crippen LogP contribution in [0, 0.1) is 20.7 Å². The SMILES string of the molecule is N#Cc1cccc(COc2ccc(I)cc2)c1F. The van der Waals surface area contributed by atoms with Crippen LogP contribution in [-0.4, -0.2) is 0 Å². The third-order valence-electron chi connectivity index (χ3n) is 2.41. The minimum absolute atomic E-state index is 0.0405. The highest BCUT2D eigenvalue weighted by Gasteiger charge is 2.07. The number of halogens is 2. The molecule has 2 aromatic rings. The largest absolute Gasteiger partial charge is 0.489 e. The topological polar surface area (TPSA) is 33.0 Å². The Morgan fingerprint density at radius 3 is 2.56 bits per heavy atom. The van der Waals surface area contributed by atoms with Gasteiger partial charge in [-0.3, -0.25) is 0 Å². The molecule has 0 spiro atoms. The third kappa shape index (κ3) is 2.99. The lowest BCUT2D eigenvalue weighted by atomic mass is 10.1. The predicted octanol–water partition coefficient (Wildman–Crippen LogP) is 3.88. The summed E-state index contributed by atoms with van der Waals surface area (Å²) in [6.45, 7) is 0.113. The van der Waals surface area contributed by atoms with Crippen molar-refractivity contribution in [2.24, 2.45) is 0 Å². The molecule has 90 valence electrons. The normalized spacial score (nSPS) is 9.83. The smallest absolute Gasteiger partial charge is 0.147 e. The number of rotatable bonds is 3. The molecular formula is C14H9FINO. The minimum atomic E-state index is -0.509. The van der Waals surface area contributed by atoms with Gasteiger partial charge >= 0.3 is 0 Å². The first-order valence-corrected chi connectivity index (χ1v) is 6.34. The zero-order valence-corrected chi connectivity index (χ0v) is 11.5. The number of hydrogen-bond donors (Lipinski definition) is 0. The van der Waals surface area contributed by atoms with E-state index in [1.807, 2.05) is 30.3 Å². The molecule has 0 heterocycles. The maximum absolute atomic E-state index is 13.7. The van der Waals surface area contributed by atoms with E-state index >= 15 is 0 Å². The molecule has 2 rings (SSSR count). The molecule has 0 aliphatic carbocycles. The quantitative estimate of drug-likeness (QED) is 0.785. The Bertz CT molecular complexity index is 590. The standard InChI is InChI=1S/C14H9FINO/c15-14-10(8-17)2-1-3-11(14)9-18-13-6-4-12(16)5-7-13/h1-7H,9H2. The van der Waals surface area contributed by atoms with Crippen molar-refractivity contribution in [3.8, 4) is 11.8 Å². The van der Waals surface area contributed by atoms with Gasteiger partial charge in [-0.25, -0.2) is 4.39 Å². The molecule has 4 heteroatoms. The van der Waals surface area contributed by atoms with Crippen molar-refractivity contribution < 1.29 is 9.13 Å². The molecule has 2 nitrogen and oxygen atoms in total. The molecule has 0 amide bonds. The molecule has 0 radical (unpaired) electrons. The summed E-state index contributed by atoms with van der Waals surface area (Å²) in [5, 5.41) is 8.73. The second-order valence-electron chi connectivity index (χ2n) is 3.63. The van der Waals surface area contributed by atoms with Gasteiger partial charge in [0.2, 0.25) is 0 Å². The van der Waals surface area contributed by atoms with E-state index in [0.717, 1.165) is 3.57 Å². The van der Waals surface area contributed by atoms with E-state index < -0.39 is 5.82 Å². The van der Waals surface area contributed by atoms with Crippen LogP contribution in [0.4, 0.5) is 4.39 Å². The second kappa shape index (κ2) is 5.83. The summed E-state index contributed by atoms with van der Waals surface area (Å²) in [4.78, 5) is 0. The number of nitrogens with zero attached hydrogens (tertiary/aromatic N) is 1. The van der Waals surface area contributed by atoms with Crippen molar-refractivity contribution >= 4 is 22.6 Å². The van der Waals surface area contributed by atoms with Crippen molar-refractivity contribution in [2.75, 3.05) is 0 Å². The lowest BCUT2D eigenvalue weighted by molar-refractivity contribution is 0.299. The van der Waals surface area contributed by atoms with Crippen LogP contribution in [0.2, 0.25) is 0 Å². The summed E-state index contributed by atoms with van der Waals surface area (Å²) < 4.78 is 20.3. The van der Waals surface area contributed by atoms with Gasteiger partial charge in [0.15, 0.2) is 0 Å². The van der Waals surface area contributed by atoms with Gasteiger partial charge in [0.05, 0.1) is 5.56 Å². The van der Waals surface area contributed by atoms with Gasteiger partial charge in [0, 0.05) is 9.13 Å². The second-order valence-corrected chi connectivity index (χ2v) is 4.88. The molecule has 0 atom stereocenters. The zero-order valence-electron chi connectivity index (χ0n) is 9.36. The molecule has 0 aromatic heterocycles. The van der Waals surface area contributed by atoms with Crippen molar-refractivity contribution in [3.05, 3.63) is 63.0 Å². The fourth-order valence-electron chi connectivity index (χ4n) is 1.47. The highest BCUT2D eigenvalue weighted by molar-refractivity contribution is 14.1. The van der Waals surface area contributed by atoms with Crippen LogP contribution in [0.15, 0.2) is 42.5 Å². The molecule has 0 saturated heterocycles. The highest BCUT2D eigenvalue weighted by atomic mass is 127. The molecule has 0 saturated carbocycles. The lowest BCUT2D eigenvalue weighted by Crippen LogP contribution is -2.00. The van der Waals surface area contributed by atoms with Crippen LogP contribution in [0.5, 0.6) is 5.75 Å². The Morgan fingerprint density at radius 1 is 1.17 bits per heavy atom. The van der Waals surface area contributed by atoms with Gasteiger partial charge in [-0.1, -0.05) is 12.1 Å². The van der Waals surface area contributed by atoms with Crippen LogP contribution in [0.25, 0.3) is 0 Å². The van der Waals surface area contributed by atoms with E-state index in [4.69, 9.17) is 10.00 Å². The maximum atomic E-state index is 13.7. The fourth-order valence-corrected chi connectivity index (χ4v) is 1.83. The van der Waals surface area contributed by atoms with Crippen molar-refractivity contribution in [2.45, 2.75) is 6.61 Å².